The zero-order valence-electron chi connectivity index (χ0n) is 13.9. The van der Waals surface area contributed by atoms with Crippen LogP contribution in [0.5, 0.6) is 5.75 Å². The molecule has 0 aromatic heterocycles. The molecule has 0 aliphatic heterocycles. The second-order valence-electron chi connectivity index (χ2n) is 4.82. The van der Waals surface area contributed by atoms with Gasteiger partial charge in [0.1, 0.15) is 18.2 Å². The monoisotopic (exact) mass is 343 g/mol. The third kappa shape index (κ3) is 5.15. The van der Waals surface area contributed by atoms with Crippen molar-refractivity contribution in [3.63, 3.8) is 0 Å². The molecule has 132 valence electrons. The molecule has 0 unspecified atom stereocenters. The predicted molar refractivity (Wildman–Crippen MR) is 87.3 cm³/mol. The molecule has 2 N–H and O–H groups in total. The van der Waals surface area contributed by atoms with Gasteiger partial charge in [-0.05, 0) is 47.9 Å². The number of alkyl halides is 3. The van der Waals surface area contributed by atoms with Crippen molar-refractivity contribution in [2.75, 3.05) is 5.73 Å². The average Bonchev–Trinajstić information content (AvgIpc) is 2.55. The number of rotatable bonds is 4. The molecule has 0 spiro atoms. The number of aryl methyl sites for hydroxylation is 1. The number of halogens is 4. The molecule has 24 heavy (non-hydrogen) atoms. The lowest BCUT2D eigenvalue weighted by molar-refractivity contribution is -0.140. The minimum Gasteiger partial charge on any atom is -0.489 e. The van der Waals surface area contributed by atoms with Crippen LogP contribution < -0.4 is 10.5 Å². The molecule has 0 bridgehead atoms. The lowest BCUT2D eigenvalue weighted by Gasteiger charge is -2.13. The molecular formula is C18H21F4NO. The van der Waals surface area contributed by atoms with E-state index in [-0.39, 0.29) is 12.2 Å². The molecule has 0 radical (unpaired) electrons. The van der Waals surface area contributed by atoms with E-state index in [0.717, 1.165) is 17.7 Å². The van der Waals surface area contributed by atoms with Gasteiger partial charge in [-0.3, -0.25) is 0 Å². The van der Waals surface area contributed by atoms with Gasteiger partial charge in [0.25, 0.3) is 0 Å². The Labute approximate surface area is 139 Å². The van der Waals surface area contributed by atoms with Gasteiger partial charge in [-0.1, -0.05) is 26.8 Å². The van der Waals surface area contributed by atoms with Crippen LogP contribution in [0.25, 0.3) is 0 Å². The molecule has 0 heterocycles. The van der Waals surface area contributed by atoms with Crippen LogP contribution in [0, 0.1) is 5.82 Å². The molecule has 2 aromatic rings. The summed E-state index contributed by atoms with van der Waals surface area (Å²) in [5, 5.41) is 0. The van der Waals surface area contributed by atoms with Crippen molar-refractivity contribution in [2.45, 2.75) is 40.0 Å². The van der Waals surface area contributed by atoms with Gasteiger partial charge < -0.3 is 10.5 Å². The summed E-state index contributed by atoms with van der Waals surface area (Å²) in [5.74, 6) is -0.743. The van der Waals surface area contributed by atoms with Crippen molar-refractivity contribution in [1.29, 1.82) is 0 Å². The summed E-state index contributed by atoms with van der Waals surface area (Å²) in [6, 6.07) is 7.90. The van der Waals surface area contributed by atoms with Gasteiger partial charge in [0, 0.05) is 5.69 Å². The summed E-state index contributed by atoms with van der Waals surface area (Å²) >= 11 is 0. The van der Waals surface area contributed by atoms with E-state index in [9.17, 15) is 17.6 Å². The van der Waals surface area contributed by atoms with Crippen LogP contribution >= 0.6 is 0 Å². The first-order valence-electron chi connectivity index (χ1n) is 7.68. The van der Waals surface area contributed by atoms with Crippen LogP contribution in [-0.4, -0.2) is 0 Å². The fourth-order valence-corrected chi connectivity index (χ4v) is 2.06. The van der Waals surface area contributed by atoms with Crippen molar-refractivity contribution >= 4 is 5.69 Å². The van der Waals surface area contributed by atoms with E-state index in [1.807, 2.05) is 20.8 Å². The first-order chi connectivity index (χ1) is 11.3. The van der Waals surface area contributed by atoms with Crippen LogP contribution in [0.2, 0.25) is 0 Å². The zero-order valence-corrected chi connectivity index (χ0v) is 13.9. The van der Waals surface area contributed by atoms with Gasteiger partial charge in [0.05, 0.1) is 5.56 Å². The molecule has 6 heteroatoms. The Bertz CT molecular complexity index is 669. The third-order valence-electron chi connectivity index (χ3n) is 3.20. The summed E-state index contributed by atoms with van der Waals surface area (Å²) in [7, 11) is 0. The van der Waals surface area contributed by atoms with Crippen LogP contribution in [-0.2, 0) is 19.2 Å². The van der Waals surface area contributed by atoms with Gasteiger partial charge in [0.15, 0.2) is 0 Å². The first kappa shape index (κ1) is 19.8. The molecule has 0 fully saturated rings. The number of nitrogen functional groups attached to an aromatic ring is 1. The highest BCUT2D eigenvalue weighted by atomic mass is 19.4. The number of hydrogen-bond acceptors (Lipinski definition) is 2. The normalized spacial score (nSPS) is 10.8. The lowest BCUT2D eigenvalue weighted by Crippen LogP contribution is -2.09. The number of benzene rings is 2. The van der Waals surface area contributed by atoms with Crippen molar-refractivity contribution in [1.82, 2.24) is 0 Å². The average molecular weight is 343 g/mol. The van der Waals surface area contributed by atoms with E-state index >= 15 is 0 Å². The Hall–Kier alpha value is -2.24. The maximum Gasteiger partial charge on any atom is 0.419 e. The SMILES string of the molecule is CC.CCc1cc(N)ccc1OCc1ccc(F)c(C(F)(F)F)c1. The molecule has 0 atom stereocenters. The molecule has 0 amide bonds. The quantitative estimate of drug-likeness (QED) is 0.580. The zero-order chi connectivity index (χ0) is 18.3. The maximum absolute atomic E-state index is 13.2. The molecule has 2 aromatic carbocycles. The second-order valence-corrected chi connectivity index (χ2v) is 4.82. The van der Waals surface area contributed by atoms with Gasteiger partial charge in [-0.15, -0.1) is 0 Å². The second kappa shape index (κ2) is 8.57. The maximum atomic E-state index is 13.2. The summed E-state index contributed by atoms with van der Waals surface area (Å²) in [5.41, 5.74) is 6.07. The highest BCUT2D eigenvalue weighted by Gasteiger charge is 2.34. The molecule has 0 saturated carbocycles. The van der Waals surface area contributed by atoms with Crippen molar-refractivity contribution in [2.24, 2.45) is 0 Å². The fraction of sp³-hybridized carbons (Fsp3) is 0.333. The third-order valence-corrected chi connectivity index (χ3v) is 3.20. The Balaban J connectivity index is 0.00000139. The first-order valence-corrected chi connectivity index (χ1v) is 7.68. The smallest absolute Gasteiger partial charge is 0.419 e. The van der Waals surface area contributed by atoms with Crippen LogP contribution in [0.15, 0.2) is 36.4 Å². The van der Waals surface area contributed by atoms with Crippen molar-refractivity contribution < 1.29 is 22.3 Å². The van der Waals surface area contributed by atoms with Crippen molar-refractivity contribution in [3.05, 3.63) is 58.9 Å². The Morgan fingerprint density at radius 3 is 2.29 bits per heavy atom. The van der Waals surface area contributed by atoms with Crippen LogP contribution in [0.4, 0.5) is 23.2 Å². The largest absolute Gasteiger partial charge is 0.489 e. The summed E-state index contributed by atoms with van der Waals surface area (Å²) < 4.78 is 56.7. The van der Waals surface area contributed by atoms with E-state index in [4.69, 9.17) is 10.5 Å². The predicted octanol–water partition coefficient (Wildman–Crippen LogP) is 5.59. The van der Waals surface area contributed by atoms with Gasteiger partial charge in [0.2, 0.25) is 0 Å². The van der Waals surface area contributed by atoms with Crippen LogP contribution in [0.1, 0.15) is 37.5 Å². The topological polar surface area (TPSA) is 35.2 Å². The molecular weight excluding hydrogens is 322 g/mol. The molecule has 2 rings (SSSR count). The van der Waals surface area contributed by atoms with Gasteiger partial charge >= 0.3 is 6.18 Å². The Morgan fingerprint density at radius 2 is 1.71 bits per heavy atom. The number of anilines is 1. The standard InChI is InChI=1S/C16H15F4NO.C2H6/c1-2-11-8-12(21)4-6-15(11)22-9-10-3-5-14(17)13(7-10)16(18,19)20;1-2/h3-8H,2,9,21H2,1H3;1-2H3. The molecule has 0 aliphatic carbocycles. The Kier molecular flexibility index (Phi) is 7.07. The highest BCUT2D eigenvalue weighted by molar-refractivity contribution is 5.48. The van der Waals surface area contributed by atoms with Gasteiger partial charge in [-0.25, -0.2) is 4.39 Å². The number of nitrogens with two attached hydrogens (primary N) is 1. The molecule has 0 saturated heterocycles. The summed E-state index contributed by atoms with van der Waals surface area (Å²) in [6.45, 7) is 5.83. The van der Waals surface area contributed by atoms with Crippen LogP contribution in [0.3, 0.4) is 0 Å². The number of ether oxygens (including phenoxy) is 1. The van der Waals surface area contributed by atoms with E-state index in [1.54, 1.807) is 18.2 Å². The Morgan fingerprint density at radius 1 is 1.04 bits per heavy atom. The van der Waals surface area contributed by atoms with E-state index in [0.29, 0.717) is 17.9 Å². The molecule has 2 nitrogen and oxygen atoms in total. The van der Waals surface area contributed by atoms with Crippen molar-refractivity contribution in [3.8, 4) is 5.75 Å². The lowest BCUT2D eigenvalue weighted by atomic mass is 10.1. The molecule has 0 aliphatic rings. The minimum atomic E-state index is -4.73. The fourth-order valence-electron chi connectivity index (χ4n) is 2.06. The summed E-state index contributed by atoms with van der Waals surface area (Å²) in [4.78, 5) is 0. The summed E-state index contributed by atoms with van der Waals surface area (Å²) in [6.07, 6.45) is -4.05. The minimum absolute atomic E-state index is 0.0831. The highest BCUT2D eigenvalue weighted by Crippen LogP contribution is 2.32. The van der Waals surface area contributed by atoms with E-state index < -0.39 is 17.6 Å². The van der Waals surface area contributed by atoms with E-state index in [2.05, 4.69) is 0 Å². The van der Waals surface area contributed by atoms with Gasteiger partial charge in [-0.2, -0.15) is 13.2 Å². The van der Waals surface area contributed by atoms with E-state index in [1.165, 1.54) is 6.07 Å². The number of hydrogen-bond donors (Lipinski definition) is 1.